The number of fused-ring (bicyclic) bond motifs is 1. The molecule has 2 aromatic carbocycles. The Labute approximate surface area is 123 Å². The molecule has 0 amide bonds. The van der Waals surface area contributed by atoms with Crippen molar-refractivity contribution in [3.8, 4) is 0 Å². The van der Waals surface area contributed by atoms with Gasteiger partial charge in [-0.2, -0.15) is 0 Å². The molecule has 1 nitrogen and oxygen atoms in total. The van der Waals surface area contributed by atoms with E-state index < -0.39 is 0 Å². The first-order valence-corrected chi connectivity index (χ1v) is 7.02. The summed E-state index contributed by atoms with van der Waals surface area (Å²) < 4.78 is 19.2. The van der Waals surface area contributed by atoms with Crippen molar-refractivity contribution in [2.75, 3.05) is 0 Å². The quantitative estimate of drug-likeness (QED) is 0.545. The van der Waals surface area contributed by atoms with Crippen molar-refractivity contribution in [3.63, 3.8) is 0 Å². The molecule has 0 bridgehead atoms. The molecular formula is C15H9BrClFO. The molecule has 1 aromatic heterocycles. The van der Waals surface area contributed by atoms with Crippen LogP contribution in [0.2, 0.25) is 5.22 Å². The normalized spacial score (nSPS) is 12.8. The average Bonchev–Trinajstić information content (AvgIpc) is 2.86. The van der Waals surface area contributed by atoms with Crippen LogP contribution in [0.5, 0.6) is 0 Å². The number of furan rings is 1. The van der Waals surface area contributed by atoms with E-state index in [0.29, 0.717) is 16.4 Å². The van der Waals surface area contributed by atoms with Crippen LogP contribution in [0.25, 0.3) is 10.8 Å². The number of benzene rings is 2. The van der Waals surface area contributed by atoms with Crippen LogP contribution in [0.3, 0.4) is 0 Å². The minimum absolute atomic E-state index is 0.162. The fraction of sp³-hybridized carbons (Fsp3) is 0.0667. The summed E-state index contributed by atoms with van der Waals surface area (Å²) in [6.45, 7) is 0. The van der Waals surface area contributed by atoms with Gasteiger partial charge < -0.3 is 4.42 Å². The summed E-state index contributed by atoms with van der Waals surface area (Å²) in [5.74, 6) is 0.471. The van der Waals surface area contributed by atoms with Crippen LogP contribution >= 0.6 is 27.5 Å². The van der Waals surface area contributed by atoms with Crippen LogP contribution in [0.4, 0.5) is 4.39 Å². The third kappa shape index (κ3) is 2.28. The third-order valence-corrected chi connectivity index (χ3v) is 4.17. The van der Waals surface area contributed by atoms with Gasteiger partial charge >= 0.3 is 0 Å². The first kappa shape index (κ1) is 12.7. The predicted molar refractivity (Wildman–Crippen MR) is 78.4 cm³/mol. The first-order valence-electron chi connectivity index (χ1n) is 5.73. The Balaban J connectivity index is 2.18. The van der Waals surface area contributed by atoms with Gasteiger partial charge in [0.15, 0.2) is 5.22 Å². The van der Waals surface area contributed by atoms with E-state index in [1.54, 1.807) is 24.3 Å². The van der Waals surface area contributed by atoms with Gasteiger partial charge in [-0.3, -0.25) is 0 Å². The molecule has 0 aliphatic carbocycles. The SMILES string of the molecule is Fc1ccc(C(Br)c2ccc(Cl)o2)c2ccccc12. The third-order valence-electron chi connectivity index (χ3n) is 3.02. The van der Waals surface area contributed by atoms with Crippen molar-refractivity contribution in [3.05, 3.63) is 70.9 Å². The number of hydrogen-bond acceptors (Lipinski definition) is 1. The summed E-state index contributed by atoms with van der Waals surface area (Å²) >= 11 is 9.37. The van der Waals surface area contributed by atoms with E-state index in [4.69, 9.17) is 16.0 Å². The minimum atomic E-state index is -0.225. The smallest absolute Gasteiger partial charge is 0.193 e. The molecular weight excluding hydrogens is 331 g/mol. The van der Waals surface area contributed by atoms with Crippen molar-refractivity contribution in [1.29, 1.82) is 0 Å². The highest BCUT2D eigenvalue weighted by Crippen LogP contribution is 2.37. The van der Waals surface area contributed by atoms with Gasteiger partial charge in [-0.15, -0.1) is 0 Å². The standard InChI is InChI=1S/C15H9BrClFO/c16-15(13-7-8-14(17)19-13)11-5-6-12(18)10-4-2-1-3-9(10)11/h1-8,15H. The van der Waals surface area contributed by atoms with Crippen molar-refractivity contribution >= 4 is 38.3 Å². The van der Waals surface area contributed by atoms with Gasteiger partial charge in [0.2, 0.25) is 0 Å². The van der Waals surface area contributed by atoms with Crippen LogP contribution in [-0.4, -0.2) is 0 Å². The zero-order valence-corrected chi connectivity index (χ0v) is 12.1. The lowest BCUT2D eigenvalue weighted by Crippen LogP contribution is -1.93. The maximum atomic E-state index is 13.8. The van der Waals surface area contributed by atoms with Crippen LogP contribution in [0.1, 0.15) is 16.2 Å². The summed E-state index contributed by atoms with van der Waals surface area (Å²) in [6.07, 6.45) is 0. The summed E-state index contributed by atoms with van der Waals surface area (Å²) in [5, 5.41) is 1.80. The summed E-state index contributed by atoms with van der Waals surface area (Å²) in [7, 11) is 0. The lowest BCUT2D eigenvalue weighted by Gasteiger charge is -2.11. The Hall–Kier alpha value is -1.32. The molecule has 0 saturated carbocycles. The number of hydrogen-bond donors (Lipinski definition) is 0. The monoisotopic (exact) mass is 338 g/mol. The van der Waals surface area contributed by atoms with Crippen LogP contribution in [0.15, 0.2) is 52.9 Å². The average molecular weight is 340 g/mol. The Morgan fingerprint density at radius 1 is 1.00 bits per heavy atom. The van der Waals surface area contributed by atoms with Gasteiger partial charge in [0.25, 0.3) is 0 Å². The Morgan fingerprint density at radius 2 is 1.74 bits per heavy atom. The fourth-order valence-corrected chi connectivity index (χ4v) is 2.92. The predicted octanol–water partition coefficient (Wildman–Crippen LogP) is 5.71. The van der Waals surface area contributed by atoms with Gasteiger partial charge in [0.1, 0.15) is 11.6 Å². The fourth-order valence-electron chi connectivity index (χ4n) is 2.12. The number of alkyl halides is 1. The van der Waals surface area contributed by atoms with Crippen molar-refractivity contribution in [2.45, 2.75) is 4.83 Å². The minimum Gasteiger partial charge on any atom is -0.448 e. The first-order chi connectivity index (χ1) is 9.16. The van der Waals surface area contributed by atoms with Gasteiger partial charge in [0, 0.05) is 5.39 Å². The highest BCUT2D eigenvalue weighted by Gasteiger charge is 2.17. The zero-order chi connectivity index (χ0) is 13.4. The van der Waals surface area contributed by atoms with E-state index in [9.17, 15) is 4.39 Å². The van der Waals surface area contributed by atoms with E-state index in [-0.39, 0.29) is 10.6 Å². The number of rotatable bonds is 2. The molecule has 3 rings (SSSR count). The van der Waals surface area contributed by atoms with E-state index in [1.165, 1.54) is 6.07 Å². The van der Waals surface area contributed by atoms with Crippen LogP contribution < -0.4 is 0 Å². The van der Waals surface area contributed by atoms with Gasteiger partial charge in [-0.25, -0.2) is 4.39 Å². The second kappa shape index (κ2) is 4.99. The molecule has 0 spiro atoms. The van der Waals surface area contributed by atoms with Crippen molar-refractivity contribution in [1.82, 2.24) is 0 Å². The molecule has 96 valence electrons. The van der Waals surface area contributed by atoms with Crippen LogP contribution in [-0.2, 0) is 0 Å². The maximum Gasteiger partial charge on any atom is 0.193 e. The summed E-state index contributed by atoms with van der Waals surface area (Å²) in [6, 6.07) is 14.1. The molecule has 1 unspecified atom stereocenters. The molecule has 4 heteroatoms. The second-order valence-corrected chi connectivity index (χ2v) is 5.47. The maximum absolute atomic E-state index is 13.8. The summed E-state index contributed by atoms with van der Waals surface area (Å²) in [4.78, 5) is -0.162. The second-order valence-electron chi connectivity index (χ2n) is 4.19. The molecule has 0 saturated heterocycles. The zero-order valence-electron chi connectivity index (χ0n) is 9.74. The molecule has 0 N–H and O–H groups in total. The molecule has 0 aliphatic heterocycles. The van der Waals surface area contributed by atoms with E-state index >= 15 is 0 Å². The molecule has 0 aliphatic rings. The molecule has 1 atom stereocenters. The van der Waals surface area contributed by atoms with E-state index in [2.05, 4.69) is 15.9 Å². The van der Waals surface area contributed by atoms with Gasteiger partial charge in [0.05, 0.1) is 4.83 Å². The molecule has 0 radical (unpaired) electrons. The Morgan fingerprint density at radius 3 is 2.42 bits per heavy atom. The Kier molecular flexibility index (Phi) is 3.33. The highest BCUT2D eigenvalue weighted by molar-refractivity contribution is 9.09. The van der Waals surface area contributed by atoms with E-state index in [0.717, 1.165) is 10.9 Å². The molecule has 1 heterocycles. The Bertz CT molecular complexity index is 738. The van der Waals surface area contributed by atoms with E-state index in [1.807, 2.05) is 18.2 Å². The molecule has 3 aromatic rings. The molecule has 19 heavy (non-hydrogen) atoms. The number of halogens is 3. The lowest BCUT2D eigenvalue weighted by molar-refractivity contribution is 0.522. The van der Waals surface area contributed by atoms with Crippen molar-refractivity contribution < 1.29 is 8.81 Å². The van der Waals surface area contributed by atoms with Crippen molar-refractivity contribution in [2.24, 2.45) is 0 Å². The highest BCUT2D eigenvalue weighted by atomic mass is 79.9. The summed E-state index contributed by atoms with van der Waals surface area (Å²) in [5.41, 5.74) is 0.947. The topological polar surface area (TPSA) is 13.1 Å². The lowest BCUT2D eigenvalue weighted by atomic mass is 10.0. The van der Waals surface area contributed by atoms with Gasteiger partial charge in [-0.1, -0.05) is 46.3 Å². The molecule has 0 fully saturated rings. The van der Waals surface area contributed by atoms with Gasteiger partial charge in [-0.05, 0) is 40.7 Å². The largest absolute Gasteiger partial charge is 0.448 e. The van der Waals surface area contributed by atoms with Crippen LogP contribution in [0, 0.1) is 5.82 Å².